The molecule has 0 spiro atoms. The van der Waals surface area contributed by atoms with E-state index >= 15 is 0 Å². The number of hydrogen-bond acceptors (Lipinski definition) is 6. The third-order valence-corrected chi connectivity index (χ3v) is 8.41. The summed E-state index contributed by atoms with van der Waals surface area (Å²) in [5.74, 6) is -2.04. The summed E-state index contributed by atoms with van der Waals surface area (Å²) in [6.07, 6.45) is 0.936. The summed E-state index contributed by atoms with van der Waals surface area (Å²) >= 11 is 2.61. The Balaban J connectivity index is 1.48. The molecule has 2 aromatic carbocycles. The summed E-state index contributed by atoms with van der Waals surface area (Å²) in [7, 11) is 0. The maximum Gasteiger partial charge on any atom is 0.256 e. The molecule has 6 nitrogen and oxygen atoms in total. The fraction of sp³-hybridized carbons (Fsp3) is 0.259. The number of benzene rings is 2. The van der Waals surface area contributed by atoms with E-state index < -0.39 is 23.0 Å². The first-order chi connectivity index (χ1) is 17.7. The van der Waals surface area contributed by atoms with Gasteiger partial charge in [0.1, 0.15) is 17.1 Å². The van der Waals surface area contributed by atoms with Crippen molar-refractivity contribution >= 4 is 39.6 Å². The van der Waals surface area contributed by atoms with Crippen LogP contribution in [0.15, 0.2) is 60.1 Å². The number of aromatic nitrogens is 2. The maximum atomic E-state index is 14.9. The normalized spacial score (nSPS) is 14.2. The number of nitrogens with one attached hydrogen (secondary N) is 1. The van der Waals surface area contributed by atoms with Crippen LogP contribution in [0, 0.1) is 17.0 Å². The predicted octanol–water partition coefficient (Wildman–Crippen LogP) is 6.19. The van der Waals surface area contributed by atoms with Gasteiger partial charge in [-0.1, -0.05) is 43.4 Å². The Hall–Kier alpha value is -3.50. The SMILES string of the molecule is CC(C)(C(=O)Nc1nncs1)[C@@H](c1cccc(F)c1)c1ccc(-c2ccc(C(=O)N3CCC3)c(F)c2)s1. The van der Waals surface area contributed by atoms with Crippen molar-refractivity contribution in [2.45, 2.75) is 26.2 Å². The first-order valence-electron chi connectivity index (χ1n) is 11.8. The van der Waals surface area contributed by atoms with Gasteiger partial charge in [0.15, 0.2) is 0 Å². The van der Waals surface area contributed by atoms with Gasteiger partial charge >= 0.3 is 0 Å². The summed E-state index contributed by atoms with van der Waals surface area (Å²) in [5, 5.41) is 10.8. The molecule has 0 radical (unpaired) electrons. The summed E-state index contributed by atoms with van der Waals surface area (Å²) in [4.78, 5) is 29.1. The van der Waals surface area contributed by atoms with Gasteiger partial charge in [0.05, 0.1) is 11.0 Å². The fourth-order valence-electron chi connectivity index (χ4n) is 4.43. The van der Waals surface area contributed by atoms with Gasteiger partial charge in [-0.2, -0.15) is 0 Å². The zero-order chi connectivity index (χ0) is 26.2. The number of halogens is 2. The van der Waals surface area contributed by atoms with Crippen LogP contribution < -0.4 is 5.32 Å². The van der Waals surface area contributed by atoms with Gasteiger partial charge in [0.25, 0.3) is 5.91 Å². The highest BCUT2D eigenvalue weighted by atomic mass is 32.1. The molecule has 0 aliphatic carbocycles. The van der Waals surface area contributed by atoms with Gasteiger partial charge in [0.2, 0.25) is 11.0 Å². The minimum absolute atomic E-state index is 0.0624. The molecule has 1 aliphatic heterocycles. The lowest BCUT2D eigenvalue weighted by Gasteiger charge is -2.32. The molecule has 1 saturated heterocycles. The Kier molecular flexibility index (Phi) is 6.87. The van der Waals surface area contributed by atoms with E-state index in [2.05, 4.69) is 15.5 Å². The summed E-state index contributed by atoms with van der Waals surface area (Å²) in [6, 6.07) is 14.6. The Morgan fingerprint density at radius 1 is 1.08 bits per heavy atom. The Morgan fingerprint density at radius 2 is 1.89 bits per heavy atom. The lowest BCUT2D eigenvalue weighted by molar-refractivity contribution is -0.124. The van der Waals surface area contributed by atoms with Gasteiger partial charge < -0.3 is 10.2 Å². The standard InChI is InChI=1S/C27H24F2N4O2S2/c1-27(2,25(35)31-26-32-30-15-36-26)23(17-5-3-6-18(28)13-17)22-10-9-21(37-22)16-7-8-19(20(29)14-16)24(34)33-11-4-12-33/h3,5-10,13-15,23H,4,11-12H2,1-2H3,(H,31,32,35)/t23-/m0/s1. The first-order valence-corrected chi connectivity index (χ1v) is 13.5. The monoisotopic (exact) mass is 538 g/mol. The third kappa shape index (κ3) is 5.03. The van der Waals surface area contributed by atoms with E-state index in [1.165, 1.54) is 52.4 Å². The van der Waals surface area contributed by atoms with Crippen molar-refractivity contribution in [2.75, 3.05) is 18.4 Å². The van der Waals surface area contributed by atoms with Crippen molar-refractivity contribution in [3.8, 4) is 10.4 Å². The molecule has 2 aromatic heterocycles. The van der Waals surface area contributed by atoms with E-state index in [-0.39, 0.29) is 17.4 Å². The van der Waals surface area contributed by atoms with Crippen molar-refractivity contribution < 1.29 is 18.4 Å². The number of anilines is 1. The average molecular weight is 539 g/mol. The molecule has 0 saturated carbocycles. The third-order valence-electron chi connectivity index (χ3n) is 6.61. The lowest BCUT2D eigenvalue weighted by atomic mass is 9.73. The highest BCUT2D eigenvalue weighted by Gasteiger charge is 2.40. The number of hydrogen-bond donors (Lipinski definition) is 1. The molecule has 1 fully saturated rings. The van der Waals surface area contributed by atoms with Gasteiger partial charge in [-0.15, -0.1) is 21.5 Å². The molecule has 4 aromatic rings. The molecule has 190 valence electrons. The zero-order valence-corrected chi connectivity index (χ0v) is 21.8. The van der Waals surface area contributed by atoms with Crippen LogP contribution in [0.3, 0.4) is 0 Å². The molecule has 1 atom stereocenters. The van der Waals surface area contributed by atoms with Crippen LogP contribution in [0.1, 0.15) is 47.0 Å². The maximum absolute atomic E-state index is 14.9. The second-order valence-corrected chi connectivity index (χ2v) is 11.4. The predicted molar refractivity (Wildman–Crippen MR) is 141 cm³/mol. The van der Waals surface area contributed by atoms with Crippen LogP contribution in [-0.2, 0) is 4.79 Å². The molecule has 1 N–H and O–H groups in total. The topological polar surface area (TPSA) is 75.2 Å². The molecule has 37 heavy (non-hydrogen) atoms. The molecule has 2 amide bonds. The number of carbonyl (C=O) groups is 2. The lowest BCUT2D eigenvalue weighted by Crippen LogP contribution is -2.42. The number of carbonyl (C=O) groups excluding carboxylic acids is 2. The number of amides is 2. The Morgan fingerprint density at radius 3 is 2.54 bits per heavy atom. The number of rotatable bonds is 7. The van der Waals surface area contributed by atoms with Crippen LogP contribution in [-0.4, -0.2) is 40.0 Å². The summed E-state index contributed by atoms with van der Waals surface area (Å²) in [6.45, 7) is 4.90. The van der Waals surface area contributed by atoms with Crippen LogP contribution in [0.4, 0.5) is 13.9 Å². The molecular formula is C27H24F2N4O2S2. The number of thiophene rings is 1. The van der Waals surface area contributed by atoms with Gasteiger partial charge in [0, 0.05) is 28.8 Å². The molecule has 5 rings (SSSR count). The minimum Gasteiger partial charge on any atom is -0.338 e. The zero-order valence-electron chi connectivity index (χ0n) is 20.2. The van der Waals surface area contributed by atoms with Crippen molar-refractivity contribution in [1.29, 1.82) is 0 Å². The molecule has 0 bridgehead atoms. The largest absolute Gasteiger partial charge is 0.338 e. The van der Waals surface area contributed by atoms with Gasteiger partial charge in [-0.3, -0.25) is 9.59 Å². The van der Waals surface area contributed by atoms with Crippen LogP contribution in [0.5, 0.6) is 0 Å². The van der Waals surface area contributed by atoms with Crippen molar-refractivity contribution in [3.05, 3.63) is 87.7 Å². The van der Waals surface area contributed by atoms with Crippen LogP contribution >= 0.6 is 22.7 Å². The second kappa shape index (κ2) is 10.1. The molecule has 0 unspecified atom stereocenters. The van der Waals surface area contributed by atoms with E-state index in [0.717, 1.165) is 16.2 Å². The second-order valence-electron chi connectivity index (χ2n) is 9.45. The Bertz CT molecular complexity index is 1450. The van der Waals surface area contributed by atoms with E-state index in [0.29, 0.717) is 29.3 Å². The minimum atomic E-state index is -1.000. The fourth-order valence-corrected chi connectivity index (χ4v) is 6.19. The number of likely N-dealkylation sites (tertiary alicyclic amines) is 1. The highest BCUT2D eigenvalue weighted by Crippen LogP contribution is 2.46. The molecular weight excluding hydrogens is 514 g/mol. The van der Waals surface area contributed by atoms with Gasteiger partial charge in [-0.05, 0) is 53.9 Å². The van der Waals surface area contributed by atoms with Crippen LogP contribution in [0.2, 0.25) is 0 Å². The van der Waals surface area contributed by atoms with Crippen molar-refractivity contribution in [3.63, 3.8) is 0 Å². The Labute approximate surface area is 221 Å². The van der Waals surface area contributed by atoms with E-state index in [9.17, 15) is 18.4 Å². The smallest absolute Gasteiger partial charge is 0.256 e. The van der Waals surface area contributed by atoms with E-state index in [1.807, 2.05) is 12.1 Å². The molecule has 1 aliphatic rings. The molecule has 3 heterocycles. The van der Waals surface area contributed by atoms with E-state index in [4.69, 9.17) is 0 Å². The molecule has 10 heteroatoms. The van der Waals surface area contributed by atoms with Crippen molar-refractivity contribution in [2.24, 2.45) is 5.41 Å². The van der Waals surface area contributed by atoms with E-state index in [1.54, 1.807) is 36.9 Å². The van der Waals surface area contributed by atoms with Crippen LogP contribution in [0.25, 0.3) is 10.4 Å². The average Bonchev–Trinajstić information content (AvgIpc) is 3.50. The quantitative estimate of drug-likeness (QED) is 0.305. The first kappa shape index (κ1) is 25.2. The number of nitrogens with zero attached hydrogens (tertiary/aromatic N) is 3. The summed E-state index contributed by atoms with van der Waals surface area (Å²) in [5.41, 5.74) is 1.86. The van der Waals surface area contributed by atoms with Crippen molar-refractivity contribution in [1.82, 2.24) is 15.1 Å². The summed E-state index contributed by atoms with van der Waals surface area (Å²) < 4.78 is 29.2. The highest BCUT2D eigenvalue weighted by molar-refractivity contribution is 7.15. The van der Waals surface area contributed by atoms with Gasteiger partial charge in [-0.25, -0.2) is 8.78 Å².